The fraction of sp³-hybridized carbons (Fsp3) is 0.0833. The molecule has 0 spiro atoms. The molecule has 6 nitrogen and oxygen atoms in total. The second kappa shape index (κ2) is 9.49. The minimum Gasteiger partial charge on any atom is -0.456 e. The van der Waals surface area contributed by atoms with Gasteiger partial charge in [-0.3, -0.25) is 4.79 Å². The summed E-state index contributed by atoms with van der Waals surface area (Å²) in [5, 5.41) is 2.67. The van der Waals surface area contributed by atoms with Crippen LogP contribution >= 0.6 is 15.9 Å². The Morgan fingerprint density at radius 2 is 1.71 bits per heavy atom. The number of nitrogens with one attached hydrogen (secondary N) is 1. The van der Waals surface area contributed by atoms with Gasteiger partial charge < -0.3 is 19.5 Å². The lowest BCUT2D eigenvalue weighted by molar-refractivity contribution is -0.140. The van der Waals surface area contributed by atoms with Crippen LogP contribution in [-0.2, 0) is 16.1 Å². The predicted octanol–water partition coefficient (Wildman–Crippen LogP) is 4.69. The third-order valence-electron chi connectivity index (χ3n) is 4.49. The van der Waals surface area contributed by atoms with E-state index in [1.165, 1.54) is 0 Å². The van der Waals surface area contributed by atoms with E-state index < -0.39 is 11.9 Å². The van der Waals surface area contributed by atoms with Crippen LogP contribution in [0.3, 0.4) is 0 Å². The van der Waals surface area contributed by atoms with Crippen LogP contribution in [0.2, 0.25) is 0 Å². The van der Waals surface area contributed by atoms with Crippen molar-refractivity contribution in [3.05, 3.63) is 99.7 Å². The van der Waals surface area contributed by atoms with Crippen LogP contribution in [0.1, 0.15) is 21.5 Å². The molecule has 1 N–H and O–H groups in total. The quantitative estimate of drug-likeness (QED) is 0.409. The van der Waals surface area contributed by atoms with Crippen LogP contribution in [-0.4, -0.2) is 18.7 Å². The van der Waals surface area contributed by atoms with E-state index in [1.807, 2.05) is 30.3 Å². The van der Waals surface area contributed by atoms with Gasteiger partial charge in [0.1, 0.15) is 12.3 Å². The summed E-state index contributed by atoms with van der Waals surface area (Å²) in [6.45, 7) is 0.237. The van der Waals surface area contributed by atoms with Gasteiger partial charge in [-0.1, -0.05) is 52.3 Å². The number of amides is 1. The van der Waals surface area contributed by atoms with Gasteiger partial charge >= 0.3 is 5.97 Å². The Labute approximate surface area is 187 Å². The maximum absolute atomic E-state index is 12.8. The Morgan fingerprint density at radius 3 is 2.48 bits per heavy atom. The van der Waals surface area contributed by atoms with E-state index in [1.54, 1.807) is 48.5 Å². The van der Waals surface area contributed by atoms with Crippen molar-refractivity contribution in [2.75, 3.05) is 6.79 Å². The zero-order valence-electron chi connectivity index (χ0n) is 16.3. The monoisotopic (exact) mass is 479 g/mol. The summed E-state index contributed by atoms with van der Waals surface area (Å²) in [6, 6.07) is 21.4. The largest absolute Gasteiger partial charge is 0.456 e. The highest BCUT2D eigenvalue weighted by Crippen LogP contribution is 2.33. The molecular formula is C24H18BrNO5. The third-order valence-corrected chi connectivity index (χ3v) is 5.02. The van der Waals surface area contributed by atoms with E-state index in [0.29, 0.717) is 22.6 Å². The molecule has 7 heteroatoms. The Hall–Kier alpha value is -3.58. The fourth-order valence-corrected chi connectivity index (χ4v) is 3.18. The molecule has 1 aliphatic heterocycles. The Bertz CT molecular complexity index is 1130. The Balaban J connectivity index is 1.57. The van der Waals surface area contributed by atoms with Crippen molar-refractivity contribution in [1.82, 2.24) is 5.32 Å². The summed E-state index contributed by atoms with van der Waals surface area (Å²) in [7, 11) is 0. The summed E-state index contributed by atoms with van der Waals surface area (Å²) in [5.74, 6) is 0.136. The van der Waals surface area contributed by atoms with Gasteiger partial charge in [0, 0.05) is 10.0 Å². The van der Waals surface area contributed by atoms with Crippen molar-refractivity contribution in [1.29, 1.82) is 0 Å². The first-order valence-electron chi connectivity index (χ1n) is 9.48. The summed E-state index contributed by atoms with van der Waals surface area (Å²) in [4.78, 5) is 25.5. The number of benzene rings is 3. The van der Waals surface area contributed by atoms with Crippen LogP contribution in [0.25, 0.3) is 6.08 Å². The minimum atomic E-state index is -0.646. The lowest BCUT2D eigenvalue weighted by atomic mass is 10.1. The normalized spacial score (nSPS) is 12.4. The Kier molecular flexibility index (Phi) is 6.33. The molecule has 0 fully saturated rings. The standard InChI is InChI=1S/C24H18BrNO5/c25-19-9-7-18(8-10-19)23(27)26-20(24(28)29-14-16-4-2-1-3-5-16)12-17-6-11-21-22(13-17)31-15-30-21/h1-13H,14-15H2,(H,26,27)/b20-12-. The lowest BCUT2D eigenvalue weighted by Crippen LogP contribution is -2.28. The van der Waals surface area contributed by atoms with Crippen LogP contribution in [0.4, 0.5) is 0 Å². The van der Waals surface area contributed by atoms with Crippen molar-refractivity contribution in [2.45, 2.75) is 6.61 Å². The zero-order chi connectivity index (χ0) is 21.6. The highest BCUT2D eigenvalue weighted by atomic mass is 79.9. The maximum atomic E-state index is 12.8. The number of ether oxygens (including phenoxy) is 3. The second-order valence-corrected chi connectivity index (χ2v) is 7.61. The van der Waals surface area contributed by atoms with E-state index in [9.17, 15) is 9.59 Å². The molecule has 0 saturated carbocycles. The number of esters is 1. The van der Waals surface area contributed by atoms with Gasteiger partial charge in [0.15, 0.2) is 11.5 Å². The molecule has 3 aromatic carbocycles. The molecule has 1 heterocycles. The van der Waals surface area contributed by atoms with Gasteiger partial charge in [-0.25, -0.2) is 4.79 Å². The van der Waals surface area contributed by atoms with E-state index in [4.69, 9.17) is 14.2 Å². The molecule has 4 rings (SSSR count). The van der Waals surface area contributed by atoms with Crippen molar-refractivity contribution in [3.8, 4) is 11.5 Å². The van der Waals surface area contributed by atoms with Crippen molar-refractivity contribution in [3.63, 3.8) is 0 Å². The van der Waals surface area contributed by atoms with Gasteiger partial charge in [-0.2, -0.15) is 0 Å². The molecule has 0 saturated heterocycles. The van der Waals surface area contributed by atoms with Gasteiger partial charge in [0.2, 0.25) is 6.79 Å². The van der Waals surface area contributed by atoms with Crippen molar-refractivity contribution < 1.29 is 23.8 Å². The van der Waals surface area contributed by atoms with Crippen molar-refractivity contribution in [2.24, 2.45) is 0 Å². The SMILES string of the molecule is O=C(OCc1ccccc1)/C(=C/c1ccc2c(c1)OCO2)NC(=O)c1ccc(Br)cc1. The molecular weight excluding hydrogens is 462 g/mol. The Morgan fingerprint density at radius 1 is 0.968 bits per heavy atom. The van der Waals surface area contributed by atoms with Crippen molar-refractivity contribution >= 4 is 33.9 Å². The highest BCUT2D eigenvalue weighted by Gasteiger charge is 2.18. The molecule has 3 aromatic rings. The topological polar surface area (TPSA) is 73.9 Å². The number of carbonyl (C=O) groups is 2. The van der Waals surface area contributed by atoms with E-state index in [-0.39, 0.29) is 19.1 Å². The molecule has 1 aliphatic rings. The molecule has 1 amide bonds. The molecule has 0 aliphatic carbocycles. The first kappa shape index (κ1) is 20.7. The maximum Gasteiger partial charge on any atom is 0.355 e. The molecule has 31 heavy (non-hydrogen) atoms. The number of rotatable bonds is 6. The van der Waals surface area contributed by atoms with Crippen LogP contribution in [0.15, 0.2) is 83.0 Å². The average molecular weight is 480 g/mol. The summed E-state index contributed by atoms with van der Waals surface area (Å²) in [6.07, 6.45) is 1.55. The first-order valence-corrected chi connectivity index (χ1v) is 10.3. The number of fused-ring (bicyclic) bond motifs is 1. The number of carbonyl (C=O) groups excluding carboxylic acids is 2. The van der Waals surface area contributed by atoms with Crippen LogP contribution < -0.4 is 14.8 Å². The van der Waals surface area contributed by atoms with E-state index in [2.05, 4.69) is 21.2 Å². The molecule has 0 bridgehead atoms. The molecule has 0 unspecified atom stereocenters. The van der Waals surface area contributed by atoms with E-state index >= 15 is 0 Å². The van der Waals surface area contributed by atoms with Gasteiger partial charge in [0.05, 0.1) is 0 Å². The van der Waals surface area contributed by atoms with Gasteiger partial charge in [0.25, 0.3) is 5.91 Å². The average Bonchev–Trinajstić information content (AvgIpc) is 3.26. The third kappa shape index (κ3) is 5.32. The molecule has 156 valence electrons. The van der Waals surface area contributed by atoms with Crippen LogP contribution in [0.5, 0.6) is 11.5 Å². The highest BCUT2D eigenvalue weighted by molar-refractivity contribution is 9.10. The second-order valence-electron chi connectivity index (χ2n) is 6.69. The minimum absolute atomic E-state index is 0.0164. The summed E-state index contributed by atoms with van der Waals surface area (Å²) in [5.41, 5.74) is 1.93. The van der Waals surface area contributed by atoms with Crippen LogP contribution in [0, 0.1) is 0 Å². The zero-order valence-corrected chi connectivity index (χ0v) is 17.9. The fourth-order valence-electron chi connectivity index (χ4n) is 2.91. The smallest absolute Gasteiger partial charge is 0.355 e. The summed E-state index contributed by atoms with van der Waals surface area (Å²) >= 11 is 3.34. The van der Waals surface area contributed by atoms with Gasteiger partial charge in [-0.05, 0) is 53.6 Å². The molecule has 0 atom stereocenters. The number of hydrogen-bond acceptors (Lipinski definition) is 5. The molecule has 0 radical (unpaired) electrons. The molecule has 0 aromatic heterocycles. The first-order chi connectivity index (χ1) is 15.1. The lowest BCUT2D eigenvalue weighted by Gasteiger charge is -2.11. The predicted molar refractivity (Wildman–Crippen MR) is 118 cm³/mol. The van der Waals surface area contributed by atoms with Gasteiger partial charge in [-0.15, -0.1) is 0 Å². The van der Waals surface area contributed by atoms with E-state index in [0.717, 1.165) is 10.0 Å². The number of hydrogen-bond donors (Lipinski definition) is 1. The summed E-state index contributed by atoms with van der Waals surface area (Å²) < 4.78 is 17.0. The number of halogens is 1.